The van der Waals surface area contributed by atoms with Crippen LogP contribution in [0, 0.1) is 0 Å². The molecule has 0 aliphatic carbocycles. The zero-order chi connectivity index (χ0) is 19.4. The number of rotatable bonds is 4. The third-order valence-electron chi connectivity index (χ3n) is 3.61. The Balaban J connectivity index is 1.78. The van der Waals surface area contributed by atoms with E-state index in [1.165, 1.54) is 13.8 Å². The molecule has 0 radical (unpaired) electrons. The smallest absolute Gasteiger partial charge is 0.363 e. The lowest BCUT2D eigenvalue weighted by Crippen LogP contribution is -2.07. The fraction of sp³-hybridized carbons (Fsp3) is 0.100. The van der Waals surface area contributed by atoms with Gasteiger partial charge in [0.2, 0.25) is 17.7 Å². The van der Waals surface area contributed by atoms with Crippen molar-refractivity contribution in [1.29, 1.82) is 0 Å². The highest BCUT2D eigenvalue weighted by Crippen LogP contribution is 2.21. The van der Waals surface area contributed by atoms with Crippen LogP contribution in [-0.4, -0.2) is 23.7 Å². The minimum absolute atomic E-state index is 0.153. The second-order valence-corrected chi connectivity index (χ2v) is 5.90. The normalized spacial score (nSPS) is 14.5. The first kappa shape index (κ1) is 18.1. The first-order chi connectivity index (χ1) is 12.9. The maximum absolute atomic E-state index is 12.1. The molecule has 0 atom stereocenters. The maximum atomic E-state index is 12.1. The van der Waals surface area contributed by atoms with Gasteiger partial charge in [-0.1, -0.05) is 12.1 Å². The van der Waals surface area contributed by atoms with Crippen molar-refractivity contribution in [2.75, 3.05) is 10.6 Å². The van der Waals surface area contributed by atoms with Gasteiger partial charge >= 0.3 is 5.97 Å². The van der Waals surface area contributed by atoms with Gasteiger partial charge < -0.3 is 15.4 Å². The van der Waals surface area contributed by atoms with Crippen LogP contribution in [0.3, 0.4) is 0 Å². The number of carbonyl (C=O) groups excluding carboxylic acids is 3. The number of hydrogen-bond acceptors (Lipinski definition) is 5. The van der Waals surface area contributed by atoms with E-state index in [2.05, 4.69) is 15.6 Å². The van der Waals surface area contributed by atoms with Crippen molar-refractivity contribution in [2.45, 2.75) is 13.8 Å². The number of benzene rings is 2. The summed E-state index contributed by atoms with van der Waals surface area (Å²) in [6.45, 7) is 2.86. The van der Waals surface area contributed by atoms with Gasteiger partial charge in [-0.15, -0.1) is 0 Å². The molecular formula is C20H17N3O4. The molecule has 2 aromatic rings. The molecule has 7 nitrogen and oxygen atoms in total. The maximum Gasteiger partial charge on any atom is 0.363 e. The number of nitrogens with one attached hydrogen (secondary N) is 2. The minimum atomic E-state index is -0.540. The number of amides is 2. The second kappa shape index (κ2) is 7.65. The number of esters is 1. The Hall–Kier alpha value is -3.74. The van der Waals surface area contributed by atoms with Crippen LogP contribution in [-0.2, 0) is 19.1 Å². The van der Waals surface area contributed by atoms with Crippen LogP contribution in [0.4, 0.5) is 11.4 Å². The highest BCUT2D eigenvalue weighted by molar-refractivity contribution is 6.13. The van der Waals surface area contributed by atoms with Crippen LogP contribution in [0.2, 0.25) is 0 Å². The fourth-order valence-corrected chi connectivity index (χ4v) is 2.46. The van der Waals surface area contributed by atoms with Gasteiger partial charge in [0.1, 0.15) is 0 Å². The SMILES string of the molecule is CC(=O)Nc1ccc(/C=C2\N=C(c3ccc(NC(C)=O)cc3)OC2=O)cc1. The molecule has 27 heavy (non-hydrogen) atoms. The molecule has 1 heterocycles. The van der Waals surface area contributed by atoms with Crippen LogP contribution in [0.15, 0.2) is 59.2 Å². The van der Waals surface area contributed by atoms with E-state index in [4.69, 9.17) is 4.74 Å². The van der Waals surface area contributed by atoms with Gasteiger partial charge in [-0.3, -0.25) is 9.59 Å². The molecule has 0 bridgehead atoms. The quantitative estimate of drug-likeness (QED) is 0.645. The fourth-order valence-electron chi connectivity index (χ4n) is 2.46. The third kappa shape index (κ3) is 4.66. The molecule has 2 amide bonds. The van der Waals surface area contributed by atoms with Crippen LogP contribution in [0.5, 0.6) is 0 Å². The van der Waals surface area contributed by atoms with E-state index in [-0.39, 0.29) is 23.4 Å². The van der Waals surface area contributed by atoms with Gasteiger partial charge in [0, 0.05) is 30.8 Å². The Bertz CT molecular complexity index is 958. The Labute approximate surface area is 155 Å². The summed E-state index contributed by atoms with van der Waals surface area (Å²) in [7, 11) is 0. The number of nitrogens with zero attached hydrogens (tertiary/aromatic N) is 1. The predicted molar refractivity (Wildman–Crippen MR) is 102 cm³/mol. The van der Waals surface area contributed by atoms with Crippen molar-refractivity contribution in [1.82, 2.24) is 0 Å². The van der Waals surface area contributed by atoms with E-state index in [0.29, 0.717) is 16.9 Å². The molecule has 2 aromatic carbocycles. The first-order valence-electron chi connectivity index (χ1n) is 8.19. The number of anilines is 2. The summed E-state index contributed by atoms with van der Waals surface area (Å²) >= 11 is 0. The summed E-state index contributed by atoms with van der Waals surface area (Å²) in [5.74, 6) is -0.654. The van der Waals surface area contributed by atoms with E-state index in [9.17, 15) is 14.4 Å². The summed E-state index contributed by atoms with van der Waals surface area (Å²) in [4.78, 5) is 38.4. The van der Waals surface area contributed by atoms with Crippen molar-refractivity contribution < 1.29 is 19.1 Å². The van der Waals surface area contributed by atoms with E-state index >= 15 is 0 Å². The molecule has 0 fully saturated rings. The Morgan fingerprint density at radius 3 is 1.93 bits per heavy atom. The standard InChI is InChI=1S/C20H17N3O4/c1-12(24)21-16-7-3-14(4-8-16)11-18-20(26)27-19(23-18)15-5-9-17(10-6-15)22-13(2)25/h3-11H,1-2H3,(H,21,24)(H,22,25)/b18-11-. The van der Waals surface area contributed by atoms with Crippen molar-refractivity contribution >= 4 is 41.1 Å². The number of cyclic esters (lactones) is 1. The lowest BCUT2D eigenvalue weighted by Gasteiger charge is -2.03. The van der Waals surface area contributed by atoms with Crippen LogP contribution >= 0.6 is 0 Å². The Kier molecular flexibility index (Phi) is 5.12. The topological polar surface area (TPSA) is 96.9 Å². The van der Waals surface area contributed by atoms with E-state index in [0.717, 1.165) is 5.56 Å². The van der Waals surface area contributed by atoms with Gasteiger partial charge in [-0.05, 0) is 48.0 Å². The molecular weight excluding hydrogens is 346 g/mol. The van der Waals surface area contributed by atoms with Gasteiger partial charge in [0.25, 0.3) is 0 Å². The van der Waals surface area contributed by atoms with Crippen molar-refractivity contribution in [3.63, 3.8) is 0 Å². The lowest BCUT2D eigenvalue weighted by atomic mass is 10.1. The molecule has 7 heteroatoms. The Morgan fingerprint density at radius 2 is 1.41 bits per heavy atom. The number of carbonyl (C=O) groups is 3. The number of aliphatic imine (C=N–C) groups is 1. The molecule has 1 aliphatic heterocycles. The third-order valence-corrected chi connectivity index (χ3v) is 3.61. The average Bonchev–Trinajstić information content (AvgIpc) is 2.97. The zero-order valence-corrected chi connectivity index (χ0v) is 14.8. The summed E-state index contributed by atoms with van der Waals surface area (Å²) in [6.07, 6.45) is 1.61. The van der Waals surface area contributed by atoms with Crippen molar-refractivity contribution in [2.24, 2.45) is 4.99 Å². The molecule has 0 aromatic heterocycles. The molecule has 0 saturated carbocycles. The second-order valence-electron chi connectivity index (χ2n) is 5.90. The van der Waals surface area contributed by atoms with Gasteiger partial charge in [-0.2, -0.15) is 0 Å². The number of ether oxygens (including phenoxy) is 1. The van der Waals surface area contributed by atoms with Gasteiger partial charge in [-0.25, -0.2) is 9.79 Å². The summed E-state index contributed by atoms with van der Waals surface area (Å²) in [5.41, 5.74) is 2.88. The van der Waals surface area contributed by atoms with Crippen LogP contribution < -0.4 is 10.6 Å². The van der Waals surface area contributed by atoms with E-state index in [1.54, 1.807) is 54.6 Å². The molecule has 2 N–H and O–H groups in total. The zero-order valence-electron chi connectivity index (χ0n) is 14.8. The number of hydrogen-bond donors (Lipinski definition) is 2. The Morgan fingerprint density at radius 1 is 0.889 bits per heavy atom. The van der Waals surface area contributed by atoms with Gasteiger partial charge in [0.15, 0.2) is 5.70 Å². The highest BCUT2D eigenvalue weighted by atomic mass is 16.6. The average molecular weight is 363 g/mol. The monoisotopic (exact) mass is 363 g/mol. The largest absolute Gasteiger partial charge is 0.402 e. The summed E-state index contributed by atoms with van der Waals surface area (Å²) in [6, 6.07) is 13.8. The molecule has 0 unspecified atom stereocenters. The minimum Gasteiger partial charge on any atom is -0.402 e. The molecule has 136 valence electrons. The predicted octanol–water partition coefficient (Wildman–Crippen LogP) is 2.95. The highest BCUT2D eigenvalue weighted by Gasteiger charge is 2.24. The molecule has 1 aliphatic rings. The molecule has 3 rings (SSSR count). The first-order valence-corrected chi connectivity index (χ1v) is 8.19. The van der Waals surface area contributed by atoms with E-state index < -0.39 is 5.97 Å². The molecule has 0 saturated heterocycles. The van der Waals surface area contributed by atoms with Gasteiger partial charge in [0.05, 0.1) is 0 Å². The summed E-state index contributed by atoms with van der Waals surface area (Å²) in [5, 5.41) is 5.34. The lowest BCUT2D eigenvalue weighted by molar-refractivity contribution is -0.130. The summed E-state index contributed by atoms with van der Waals surface area (Å²) < 4.78 is 5.23. The van der Waals surface area contributed by atoms with E-state index in [1.807, 2.05) is 0 Å². The van der Waals surface area contributed by atoms with Crippen LogP contribution in [0.25, 0.3) is 6.08 Å². The van der Waals surface area contributed by atoms with Crippen LogP contribution in [0.1, 0.15) is 25.0 Å². The van der Waals surface area contributed by atoms with Crippen molar-refractivity contribution in [3.8, 4) is 0 Å². The molecule has 0 spiro atoms. The van der Waals surface area contributed by atoms with Crippen molar-refractivity contribution in [3.05, 3.63) is 65.4 Å².